The summed E-state index contributed by atoms with van der Waals surface area (Å²) in [7, 11) is 1.29. The smallest absolute Gasteiger partial charge is 0.327 e. The summed E-state index contributed by atoms with van der Waals surface area (Å²) >= 11 is 0. The summed E-state index contributed by atoms with van der Waals surface area (Å²) in [6.07, 6.45) is 3.34. The van der Waals surface area contributed by atoms with E-state index in [0.717, 1.165) is 5.56 Å². The fourth-order valence-electron chi connectivity index (χ4n) is 2.11. The van der Waals surface area contributed by atoms with Crippen molar-refractivity contribution in [1.82, 2.24) is 10.3 Å². The molecule has 0 amide bonds. The van der Waals surface area contributed by atoms with Crippen LogP contribution in [0.3, 0.4) is 0 Å². The van der Waals surface area contributed by atoms with Gasteiger partial charge in [-0.15, -0.1) is 0 Å². The fourth-order valence-corrected chi connectivity index (χ4v) is 2.11. The van der Waals surface area contributed by atoms with Gasteiger partial charge in [-0.3, -0.25) is 10.3 Å². The number of carbonyl (C=O) groups excluding carboxylic acids is 1. The molecule has 2 atom stereocenters. The van der Waals surface area contributed by atoms with Gasteiger partial charge in [-0.25, -0.2) is 9.18 Å². The first kappa shape index (κ1) is 15.1. The monoisotopic (exact) mass is 288 g/mol. The van der Waals surface area contributed by atoms with E-state index in [4.69, 9.17) is 4.74 Å². The highest BCUT2D eigenvalue weighted by Gasteiger charge is 2.26. The third-order valence-electron chi connectivity index (χ3n) is 3.28. The van der Waals surface area contributed by atoms with Gasteiger partial charge in [0.2, 0.25) is 0 Å². The van der Waals surface area contributed by atoms with Crippen molar-refractivity contribution < 1.29 is 13.9 Å². The zero-order valence-corrected chi connectivity index (χ0v) is 11.9. The topological polar surface area (TPSA) is 51.2 Å². The summed E-state index contributed by atoms with van der Waals surface area (Å²) in [6, 6.07) is 8.83. The number of hydrogen-bond donors (Lipinski definition) is 1. The summed E-state index contributed by atoms with van der Waals surface area (Å²) in [6.45, 7) is 1.89. The van der Waals surface area contributed by atoms with Crippen molar-refractivity contribution in [3.63, 3.8) is 0 Å². The average molecular weight is 288 g/mol. The Morgan fingerprint density at radius 2 is 1.90 bits per heavy atom. The molecular formula is C16H17FN2O2. The summed E-state index contributed by atoms with van der Waals surface area (Å²) in [5.41, 5.74) is 1.22. The zero-order chi connectivity index (χ0) is 15.2. The number of pyridine rings is 1. The van der Waals surface area contributed by atoms with E-state index in [1.54, 1.807) is 30.6 Å². The predicted octanol–water partition coefficient (Wildman–Crippen LogP) is 2.79. The molecule has 0 unspecified atom stereocenters. The Kier molecular flexibility index (Phi) is 5.00. The summed E-state index contributed by atoms with van der Waals surface area (Å²) in [5, 5.41) is 3.10. The van der Waals surface area contributed by atoms with E-state index in [1.165, 1.54) is 13.2 Å². The quantitative estimate of drug-likeness (QED) is 0.860. The van der Waals surface area contributed by atoms with Crippen LogP contribution in [-0.4, -0.2) is 18.1 Å². The molecular weight excluding hydrogens is 271 g/mol. The lowest BCUT2D eigenvalue weighted by Crippen LogP contribution is -2.32. The van der Waals surface area contributed by atoms with Crippen LogP contribution in [0.5, 0.6) is 0 Å². The summed E-state index contributed by atoms with van der Waals surface area (Å²) < 4.78 is 18.7. The minimum atomic E-state index is -0.862. The number of nitrogens with zero attached hydrogens (tertiary/aromatic N) is 1. The first-order chi connectivity index (χ1) is 10.1. The largest absolute Gasteiger partial charge is 0.468 e. The van der Waals surface area contributed by atoms with Gasteiger partial charge in [0.05, 0.1) is 7.11 Å². The lowest BCUT2D eigenvalue weighted by Gasteiger charge is -2.22. The van der Waals surface area contributed by atoms with Crippen LogP contribution in [0.15, 0.2) is 48.8 Å². The van der Waals surface area contributed by atoms with Gasteiger partial charge in [-0.2, -0.15) is 0 Å². The van der Waals surface area contributed by atoms with Gasteiger partial charge >= 0.3 is 5.97 Å². The molecule has 1 aromatic carbocycles. The number of carbonyl (C=O) groups is 1. The van der Waals surface area contributed by atoms with Crippen molar-refractivity contribution in [1.29, 1.82) is 0 Å². The number of benzene rings is 1. The van der Waals surface area contributed by atoms with E-state index in [-0.39, 0.29) is 11.6 Å². The van der Waals surface area contributed by atoms with Gasteiger partial charge in [0.15, 0.2) is 0 Å². The van der Waals surface area contributed by atoms with Crippen molar-refractivity contribution >= 4 is 5.97 Å². The minimum Gasteiger partial charge on any atom is -0.468 e. The van der Waals surface area contributed by atoms with Gasteiger partial charge in [0.25, 0.3) is 0 Å². The van der Waals surface area contributed by atoms with E-state index in [1.807, 2.05) is 19.1 Å². The first-order valence-electron chi connectivity index (χ1n) is 6.61. The number of halogens is 1. The second-order valence-electron chi connectivity index (χ2n) is 4.65. The molecule has 21 heavy (non-hydrogen) atoms. The second kappa shape index (κ2) is 6.95. The number of ether oxygens (including phenoxy) is 1. The standard InChI is InChI=1S/C16H17FN2O2/c1-11(12-7-9-18-10-8-12)19-15(16(20)21-2)13-5-3-4-6-14(13)17/h3-11,15,19H,1-2H3/t11-,15+/m0/s1. The van der Waals surface area contributed by atoms with Crippen LogP contribution in [0.2, 0.25) is 0 Å². The molecule has 0 spiro atoms. The number of nitrogens with one attached hydrogen (secondary N) is 1. The number of methoxy groups -OCH3 is 1. The first-order valence-corrected chi connectivity index (χ1v) is 6.61. The Morgan fingerprint density at radius 3 is 2.52 bits per heavy atom. The van der Waals surface area contributed by atoms with Crippen LogP contribution >= 0.6 is 0 Å². The lowest BCUT2D eigenvalue weighted by atomic mass is 10.0. The van der Waals surface area contributed by atoms with Crippen LogP contribution in [0.25, 0.3) is 0 Å². The van der Waals surface area contributed by atoms with Crippen molar-refractivity contribution in [2.24, 2.45) is 0 Å². The molecule has 0 bridgehead atoms. The highest BCUT2D eigenvalue weighted by Crippen LogP contribution is 2.22. The third-order valence-corrected chi connectivity index (χ3v) is 3.28. The van der Waals surface area contributed by atoms with Crippen molar-refractivity contribution in [2.45, 2.75) is 19.0 Å². The predicted molar refractivity (Wildman–Crippen MR) is 76.9 cm³/mol. The molecule has 0 saturated heterocycles. The maximum Gasteiger partial charge on any atom is 0.327 e. The number of hydrogen-bond acceptors (Lipinski definition) is 4. The highest BCUT2D eigenvalue weighted by atomic mass is 19.1. The van der Waals surface area contributed by atoms with Gasteiger partial charge in [0, 0.05) is 24.0 Å². The fraction of sp³-hybridized carbons (Fsp3) is 0.250. The Hall–Kier alpha value is -2.27. The number of aromatic nitrogens is 1. The lowest BCUT2D eigenvalue weighted by molar-refractivity contribution is -0.143. The molecule has 1 heterocycles. The molecule has 2 rings (SSSR count). The molecule has 5 heteroatoms. The van der Waals surface area contributed by atoms with Crippen LogP contribution in [-0.2, 0) is 9.53 Å². The van der Waals surface area contributed by atoms with Gasteiger partial charge in [-0.05, 0) is 30.7 Å². The Labute approximate surface area is 123 Å². The van der Waals surface area contributed by atoms with E-state index >= 15 is 0 Å². The van der Waals surface area contributed by atoms with Gasteiger partial charge in [-0.1, -0.05) is 18.2 Å². The Morgan fingerprint density at radius 1 is 1.24 bits per heavy atom. The van der Waals surface area contributed by atoms with Gasteiger partial charge < -0.3 is 4.74 Å². The van der Waals surface area contributed by atoms with Crippen LogP contribution in [0, 0.1) is 5.82 Å². The normalized spacial score (nSPS) is 13.5. The number of esters is 1. The maximum absolute atomic E-state index is 13.9. The molecule has 1 N–H and O–H groups in total. The van der Waals surface area contributed by atoms with E-state index in [0.29, 0.717) is 0 Å². The minimum absolute atomic E-state index is 0.156. The van der Waals surface area contributed by atoms with E-state index < -0.39 is 17.8 Å². The molecule has 2 aromatic rings. The molecule has 4 nitrogen and oxygen atoms in total. The molecule has 110 valence electrons. The second-order valence-corrected chi connectivity index (χ2v) is 4.65. The third kappa shape index (κ3) is 3.64. The SMILES string of the molecule is COC(=O)[C@H](N[C@@H](C)c1ccncc1)c1ccccc1F. The van der Waals surface area contributed by atoms with Gasteiger partial charge in [0.1, 0.15) is 11.9 Å². The van der Waals surface area contributed by atoms with E-state index in [2.05, 4.69) is 10.3 Å². The molecule has 0 aliphatic heterocycles. The molecule has 0 radical (unpaired) electrons. The average Bonchev–Trinajstić information content (AvgIpc) is 2.53. The zero-order valence-electron chi connectivity index (χ0n) is 11.9. The van der Waals surface area contributed by atoms with Crippen LogP contribution in [0.1, 0.15) is 30.1 Å². The Bertz CT molecular complexity index is 604. The molecule has 0 saturated carbocycles. The summed E-state index contributed by atoms with van der Waals surface area (Å²) in [4.78, 5) is 15.9. The molecule has 0 aliphatic rings. The maximum atomic E-state index is 13.9. The van der Waals surface area contributed by atoms with Crippen molar-refractivity contribution in [3.05, 3.63) is 65.7 Å². The Balaban J connectivity index is 2.26. The van der Waals surface area contributed by atoms with Crippen molar-refractivity contribution in [3.8, 4) is 0 Å². The van der Waals surface area contributed by atoms with E-state index in [9.17, 15) is 9.18 Å². The summed E-state index contributed by atoms with van der Waals surface area (Å²) in [5.74, 6) is -0.969. The molecule has 0 fully saturated rings. The molecule has 1 aromatic heterocycles. The molecule has 0 aliphatic carbocycles. The number of rotatable bonds is 5. The van der Waals surface area contributed by atoms with Crippen LogP contribution < -0.4 is 5.32 Å². The highest BCUT2D eigenvalue weighted by molar-refractivity contribution is 5.77. The van der Waals surface area contributed by atoms with Crippen molar-refractivity contribution in [2.75, 3.05) is 7.11 Å². The van der Waals surface area contributed by atoms with Crippen LogP contribution in [0.4, 0.5) is 4.39 Å².